The molecule has 0 saturated carbocycles. The van der Waals surface area contributed by atoms with E-state index in [1.54, 1.807) is 54.7 Å². The Morgan fingerprint density at radius 3 is 2.33 bits per heavy atom. The molecule has 0 atom stereocenters. The highest BCUT2D eigenvalue weighted by molar-refractivity contribution is 7.92. The number of hydrogen-bond acceptors (Lipinski definition) is 11. The Labute approximate surface area is 331 Å². The fourth-order valence-electron chi connectivity index (χ4n) is 6.26. The molecule has 6 rings (SSSR count). The fraction of sp³-hybridized carbons (Fsp3) is 0.293. The van der Waals surface area contributed by atoms with Gasteiger partial charge in [0.15, 0.2) is 5.75 Å². The van der Waals surface area contributed by atoms with Gasteiger partial charge in [-0.15, -0.1) is 0 Å². The molecule has 1 aliphatic heterocycles. The van der Waals surface area contributed by atoms with Gasteiger partial charge in [0.2, 0.25) is 10.0 Å². The Kier molecular flexibility index (Phi) is 12.4. The molecule has 57 heavy (non-hydrogen) atoms. The number of sulfonamides is 1. The number of amides is 3. The summed E-state index contributed by atoms with van der Waals surface area (Å²) in [7, 11) is -2.25. The molecule has 4 aromatic carbocycles. The number of urea groups is 1. The van der Waals surface area contributed by atoms with Gasteiger partial charge in [0.25, 0.3) is 5.91 Å². The van der Waals surface area contributed by atoms with Crippen LogP contribution in [0, 0.1) is 0 Å². The number of anilines is 5. The highest BCUT2D eigenvalue weighted by atomic mass is 32.2. The van der Waals surface area contributed by atoms with Crippen LogP contribution in [-0.4, -0.2) is 88.1 Å². The maximum atomic E-state index is 13.5. The molecule has 300 valence electrons. The number of phenols is 1. The molecule has 0 bridgehead atoms. The molecule has 0 spiro atoms. The average molecular weight is 798 g/mol. The van der Waals surface area contributed by atoms with Crippen LogP contribution in [0.1, 0.15) is 36.7 Å². The summed E-state index contributed by atoms with van der Waals surface area (Å²) in [5, 5.41) is 23.8. The number of carbonyl (C=O) groups is 2. The van der Waals surface area contributed by atoms with E-state index in [-0.39, 0.29) is 39.8 Å². The molecular weight excluding hydrogens is 751 g/mol. The van der Waals surface area contributed by atoms with E-state index in [0.29, 0.717) is 60.4 Å². The Balaban J connectivity index is 1.14. The normalized spacial score (nSPS) is 13.4. The number of phenolic OH excluding ortho intramolecular Hbond substituents is 1. The van der Waals surface area contributed by atoms with Crippen molar-refractivity contribution in [2.45, 2.75) is 26.2 Å². The van der Waals surface area contributed by atoms with E-state index in [1.807, 2.05) is 45.0 Å². The predicted octanol–water partition coefficient (Wildman–Crippen LogP) is 6.86. The monoisotopic (exact) mass is 797 g/mol. The molecule has 1 aromatic heterocycles. The summed E-state index contributed by atoms with van der Waals surface area (Å²) < 4.78 is 44.0. The number of ether oxygens (including phenoxy) is 3. The van der Waals surface area contributed by atoms with Gasteiger partial charge < -0.3 is 40.6 Å². The molecule has 5 aromatic rings. The molecule has 0 unspecified atom stereocenters. The summed E-state index contributed by atoms with van der Waals surface area (Å²) >= 11 is 0. The van der Waals surface area contributed by atoms with Crippen LogP contribution >= 0.6 is 0 Å². The zero-order valence-corrected chi connectivity index (χ0v) is 33.2. The lowest BCUT2D eigenvalue weighted by Gasteiger charge is -2.26. The average Bonchev–Trinajstić information content (AvgIpc) is 3.15. The standard InChI is InChI=1S/C41H47N7O8S/c1-41(2,3)26-22-33(38(54-4)34(23-26)47-57(5,52)53)46-40(51)45-32-12-13-36(30-9-7-6-8-29(30)32)56-28-14-15-42-37(25-28)44-27-10-11-31(35(49)24-27)39(50)43-16-17-48-18-20-55-21-19-48/h6-15,22-25,47,49H,16-21H2,1-5H3,(H,42,44)(H,43,50)(H2,45,46,51). The first-order chi connectivity index (χ1) is 27.2. The molecule has 1 fully saturated rings. The van der Waals surface area contributed by atoms with Crippen LogP contribution in [0.2, 0.25) is 0 Å². The highest BCUT2D eigenvalue weighted by Crippen LogP contribution is 2.40. The van der Waals surface area contributed by atoms with Crippen molar-refractivity contribution >= 4 is 61.3 Å². The minimum atomic E-state index is -3.65. The second kappa shape index (κ2) is 17.4. The number of rotatable bonds is 13. The zero-order valence-electron chi connectivity index (χ0n) is 32.4. The van der Waals surface area contributed by atoms with Crippen LogP contribution < -0.4 is 35.5 Å². The number of nitrogens with zero attached hydrogens (tertiary/aromatic N) is 2. The quantitative estimate of drug-likeness (QED) is 0.0730. The number of pyridine rings is 1. The Morgan fingerprint density at radius 1 is 0.912 bits per heavy atom. The van der Waals surface area contributed by atoms with Crippen molar-refractivity contribution < 1.29 is 37.3 Å². The number of nitrogens with one attached hydrogen (secondary N) is 5. The van der Waals surface area contributed by atoms with Gasteiger partial charge in [-0.25, -0.2) is 18.2 Å². The lowest BCUT2D eigenvalue weighted by Crippen LogP contribution is -2.41. The van der Waals surface area contributed by atoms with Gasteiger partial charge in [0.1, 0.15) is 23.1 Å². The lowest BCUT2D eigenvalue weighted by atomic mass is 9.86. The van der Waals surface area contributed by atoms with E-state index in [1.165, 1.54) is 13.2 Å². The molecule has 0 aliphatic carbocycles. The van der Waals surface area contributed by atoms with Crippen LogP contribution in [0.5, 0.6) is 23.0 Å². The van der Waals surface area contributed by atoms with Crippen molar-refractivity contribution in [3.8, 4) is 23.0 Å². The number of hydrogen-bond donors (Lipinski definition) is 6. The summed E-state index contributed by atoms with van der Waals surface area (Å²) in [6, 6.07) is 21.9. The van der Waals surface area contributed by atoms with Crippen molar-refractivity contribution in [2.75, 3.05) is 73.4 Å². The fourth-order valence-corrected chi connectivity index (χ4v) is 6.81. The van der Waals surface area contributed by atoms with Crippen molar-refractivity contribution in [2.24, 2.45) is 0 Å². The zero-order chi connectivity index (χ0) is 40.7. The van der Waals surface area contributed by atoms with Crippen LogP contribution in [-0.2, 0) is 20.2 Å². The summed E-state index contributed by atoms with van der Waals surface area (Å²) in [5.74, 6) is 1.06. The molecule has 2 heterocycles. The number of benzene rings is 4. The van der Waals surface area contributed by atoms with E-state index < -0.39 is 16.1 Å². The molecular formula is C41H47N7O8S. The van der Waals surface area contributed by atoms with Gasteiger partial charge >= 0.3 is 6.03 Å². The molecule has 0 radical (unpaired) electrons. The third kappa shape index (κ3) is 10.6. The summed E-state index contributed by atoms with van der Waals surface area (Å²) in [6.07, 6.45) is 2.63. The Morgan fingerprint density at radius 2 is 1.63 bits per heavy atom. The molecule has 15 nitrogen and oxygen atoms in total. The molecule has 6 N–H and O–H groups in total. The van der Waals surface area contributed by atoms with Crippen molar-refractivity contribution in [3.63, 3.8) is 0 Å². The first kappa shape index (κ1) is 40.6. The second-order valence-electron chi connectivity index (χ2n) is 14.5. The number of aromatic hydroxyl groups is 1. The van der Waals surface area contributed by atoms with Crippen molar-refractivity contribution in [1.29, 1.82) is 0 Å². The highest BCUT2D eigenvalue weighted by Gasteiger charge is 2.23. The lowest BCUT2D eigenvalue weighted by molar-refractivity contribution is 0.0383. The van der Waals surface area contributed by atoms with E-state index in [4.69, 9.17) is 14.2 Å². The van der Waals surface area contributed by atoms with Gasteiger partial charge in [-0.2, -0.15) is 0 Å². The largest absolute Gasteiger partial charge is 0.507 e. The predicted molar refractivity (Wildman–Crippen MR) is 222 cm³/mol. The van der Waals surface area contributed by atoms with Gasteiger partial charge in [0, 0.05) is 61.0 Å². The summed E-state index contributed by atoms with van der Waals surface area (Å²) in [4.78, 5) is 32.8. The first-order valence-corrected chi connectivity index (χ1v) is 20.2. The SMILES string of the molecule is COc1c(NC(=O)Nc2ccc(Oc3ccnc(Nc4ccc(C(=O)NCCN5CCOCC5)c(O)c4)c3)c3ccccc23)cc(C(C)(C)C)cc1NS(C)(=O)=O. The molecule has 3 amide bonds. The topological polar surface area (TPSA) is 192 Å². The number of methoxy groups -OCH3 is 1. The molecule has 1 saturated heterocycles. The summed E-state index contributed by atoms with van der Waals surface area (Å²) in [5.41, 5.74) is 2.08. The molecule has 1 aliphatic rings. The van der Waals surface area contributed by atoms with Crippen LogP contribution in [0.3, 0.4) is 0 Å². The number of aromatic nitrogens is 1. The van der Waals surface area contributed by atoms with E-state index in [9.17, 15) is 23.1 Å². The Bertz CT molecular complexity index is 2380. The smallest absolute Gasteiger partial charge is 0.323 e. The van der Waals surface area contributed by atoms with Crippen molar-refractivity contribution in [3.05, 3.63) is 96.2 Å². The second-order valence-corrected chi connectivity index (χ2v) is 16.3. The number of carbonyl (C=O) groups excluding carboxylic acids is 2. The van der Waals surface area contributed by atoms with Gasteiger partial charge in [0.05, 0.1) is 49.2 Å². The van der Waals surface area contributed by atoms with E-state index >= 15 is 0 Å². The third-order valence-corrected chi connectivity index (χ3v) is 9.72. The van der Waals surface area contributed by atoms with Crippen LogP contribution in [0.15, 0.2) is 85.1 Å². The van der Waals surface area contributed by atoms with Gasteiger partial charge in [-0.05, 0) is 53.4 Å². The number of morpholine rings is 1. The minimum Gasteiger partial charge on any atom is -0.507 e. The van der Waals surface area contributed by atoms with Crippen molar-refractivity contribution in [1.82, 2.24) is 15.2 Å². The van der Waals surface area contributed by atoms with E-state index in [2.05, 4.69) is 35.9 Å². The molecule has 16 heteroatoms. The summed E-state index contributed by atoms with van der Waals surface area (Å²) in [6.45, 7) is 10.1. The van der Waals surface area contributed by atoms with E-state index in [0.717, 1.165) is 30.3 Å². The number of fused-ring (bicyclic) bond motifs is 1. The minimum absolute atomic E-state index is 0.162. The third-order valence-electron chi connectivity index (χ3n) is 9.13. The maximum absolute atomic E-state index is 13.5. The maximum Gasteiger partial charge on any atom is 0.323 e. The first-order valence-electron chi connectivity index (χ1n) is 18.3. The van der Waals surface area contributed by atoms with Gasteiger partial charge in [-0.3, -0.25) is 14.4 Å². The van der Waals surface area contributed by atoms with Crippen LogP contribution in [0.25, 0.3) is 10.8 Å². The van der Waals surface area contributed by atoms with Gasteiger partial charge in [-0.1, -0.05) is 45.0 Å². The Hall–Kier alpha value is -6.10. The van der Waals surface area contributed by atoms with Crippen LogP contribution in [0.4, 0.5) is 33.4 Å².